The quantitative estimate of drug-likeness (QED) is 0.450. The lowest BCUT2D eigenvalue weighted by atomic mass is 9.85. The van der Waals surface area contributed by atoms with E-state index in [1.807, 2.05) is 0 Å². The highest BCUT2D eigenvalue weighted by Crippen LogP contribution is 2.27. The van der Waals surface area contributed by atoms with Crippen LogP contribution in [-0.2, 0) is 14.6 Å². The van der Waals surface area contributed by atoms with Crippen molar-refractivity contribution in [2.75, 3.05) is 23.9 Å². The van der Waals surface area contributed by atoms with Crippen molar-refractivity contribution in [3.8, 4) is 5.75 Å². The Morgan fingerprint density at radius 2 is 1.81 bits per heavy atom. The van der Waals surface area contributed by atoms with Crippen molar-refractivity contribution in [1.29, 1.82) is 0 Å². The van der Waals surface area contributed by atoms with E-state index in [0.29, 0.717) is 18.0 Å². The molecule has 32 heavy (non-hydrogen) atoms. The fourth-order valence-electron chi connectivity index (χ4n) is 3.79. The first-order chi connectivity index (χ1) is 14.9. The lowest BCUT2D eigenvalue weighted by Crippen LogP contribution is -2.49. The van der Waals surface area contributed by atoms with Crippen LogP contribution in [0.25, 0.3) is 0 Å². The summed E-state index contributed by atoms with van der Waals surface area (Å²) in [6, 6.07) is 3.97. The molecule has 0 saturated heterocycles. The first-order valence-corrected chi connectivity index (χ1v) is 12.8. The zero-order chi connectivity index (χ0) is 23.8. The molecule has 1 fully saturated rings. The van der Waals surface area contributed by atoms with Crippen LogP contribution in [0.1, 0.15) is 44.9 Å². The van der Waals surface area contributed by atoms with Crippen molar-refractivity contribution in [2.24, 2.45) is 11.7 Å². The maximum absolute atomic E-state index is 12.6. The number of amides is 1. The second-order valence-corrected chi connectivity index (χ2v) is 10.7. The molecule has 1 aliphatic rings. The Labute approximate surface area is 187 Å². The highest BCUT2D eigenvalue weighted by Gasteiger charge is 2.31. The van der Waals surface area contributed by atoms with E-state index in [1.54, 1.807) is 0 Å². The minimum atomic E-state index is -4.77. The average molecular weight is 480 g/mol. The number of alkyl halides is 3. The highest BCUT2D eigenvalue weighted by atomic mass is 32.2. The number of hydrogen-bond donors (Lipinski definition) is 3. The smallest absolute Gasteiger partial charge is 0.406 e. The lowest BCUT2D eigenvalue weighted by molar-refractivity contribution is -0.274. The van der Waals surface area contributed by atoms with Crippen LogP contribution in [0.5, 0.6) is 5.75 Å². The van der Waals surface area contributed by atoms with Crippen LogP contribution >= 0.6 is 0 Å². The van der Waals surface area contributed by atoms with Gasteiger partial charge in [0.15, 0.2) is 0 Å². The van der Waals surface area contributed by atoms with Gasteiger partial charge in [-0.25, -0.2) is 8.42 Å². The van der Waals surface area contributed by atoms with E-state index < -0.39 is 28.3 Å². The van der Waals surface area contributed by atoms with Crippen molar-refractivity contribution in [3.05, 3.63) is 24.3 Å². The SMILES string of the molecule is CS(=O)(=O)CC[C@@H](CNc1ccc(OC(F)(F)F)cc1)NC(=O)[C@@H](N)CC1CCCCC1. The predicted octanol–water partition coefficient (Wildman–Crippen LogP) is 3.21. The molecular weight excluding hydrogens is 447 g/mol. The number of hydrogen-bond acceptors (Lipinski definition) is 6. The maximum Gasteiger partial charge on any atom is 0.573 e. The third-order valence-electron chi connectivity index (χ3n) is 5.47. The molecule has 1 amide bonds. The van der Waals surface area contributed by atoms with Gasteiger partial charge in [-0.2, -0.15) is 0 Å². The van der Waals surface area contributed by atoms with E-state index >= 15 is 0 Å². The zero-order valence-corrected chi connectivity index (χ0v) is 19.0. The molecule has 0 heterocycles. The summed E-state index contributed by atoms with van der Waals surface area (Å²) in [5.74, 6) is -0.367. The van der Waals surface area contributed by atoms with Gasteiger partial charge in [0.2, 0.25) is 5.91 Å². The van der Waals surface area contributed by atoms with E-state index in [0.717, 1.165) is 31.9 Å². The van der Waals surface area contributed by atoms with Gasteiger partial charge in [-0.3, -0.25) is 4.79 Å². The molecular formula is C21H32F3N3O4S. The van der Waals surface area contributed by atoms with Crippen molar-refractivity contribution >= 4 is 21.4 Å². The van der Waals surface area contributed by atoms with Crippen molar-refractivity contribution in [1.82, 2.24) is 5.32 Å². The molecule has 1 aromatic rings. The fraction of sp³-hybridized carbons (Fsp3) is 0.667. The number of carbonyl (C=O) groups is 1. The summed E-state index contributed by atoms with van der Waals surface area (Å²) in [6.07, 6.45) is 2.75. The molecule has 182 valence electrons. The van der Waals surface area contributed by atoms with Crippen LogP contribution < -0.4 is 21.1 Å². The molecule has 2 atom stereocenters. The van der Waals surface area contributed by atoms with Gasteiger partial charge >= 0.3 is 6.36 Å². The van der Waals surface area contributed by atoms with Crippen LogP contribution in [-0.4, -0.2) is 51.3 Å². The Bertz CT molecular complexity index is 826. The summed E-state index contributed by atoms with van der Waals surface area (Å²) in [5.41, 5.74) is 6.60. The third kappa shape index (κ3) is 10.5. The molecule has 0 bridgehead atoms. The molecule has 7 nitrogen and oxygen atoms in total. The number of halogens is 3. The van der Waals surface area contributed by atoms with E-state index in [2.05, 4.69) is 15.4 Å². The zero-order valence-electron chi connectivity index (χ0n) is 18.2. The monoisotopic (exact) mass is 479 g/mol. The van der Waals surface area contributed by atoms with Gasteiger partial charge in [0, 0.05) is 24.5 Å². The average Bonchev–Trinajstić information content (AvgIpc) is 2.70. The van der Waals surface area contributed by atoms with E-state index in [1.165, 1.54) is 30.7 Å². The molecule has 0 unspecified atom stereocenters. The van der Waals surface area contributed by atoms with Crippen LogP contribution in [0.4, 0.5) is 18.9 Å². The Morgan fingerprint density at radius 3 is 2.38 bits per heavy atom. The molecule has 0 aliphatic heterocycles. The highest BCUT2D eigenvalue weighted by molar-refractivity contribution is 7.90. The molecule has 0 spiro atoms. The van der Waals surface area contributed by atoms with E-state index in [-0.39, 0.29) is 30.4 Å². The van der Waals surface area contributed by atoms with E-state index in [9.17, 15) is 26.4 Å². The minimum Gasteiger partial charge on any atom is -0.406 e. The van der Waals surface area contributed by atoms with Crippen LogP contribution in [0.15, 0.2) is 24.3 Å². The minimum absolute atomic E-state index is 0.115. The number of anilines is 1. The molecule has 0 aromatic heterocycles. The van der Waals surface area contributed by atoms with Crippen LogP contribution in [0.2, 0.25) is 0 Å². The molecule has 2 rings (SSSR count). The summed E-state index contributed by atoms with van der Waals surface area (Å²) < 4.78 is 63.8. The number of nitrogens with one attached hydrogen (secondary N) is 2. The molecule has 1 aromatic carbocycles. The summed E-state index contributed by atoms with van der Waals surface area (Å²) in [7, 11) is -3.24. The number of carbonyl (C=O) groups excluding carboxylic acids is 1. The summed E-state index contributed by atoms with van der Waals surface area (Å²) >= 11 is 0. The van der Waals surface area contributed by atoms with E-state index in [4.69, 9.17) is 5.73 Å². The topological polar surface area (TPSA) is 111 Å². The summed E-state index contributed by atoms with van der Waals surface area (Å²) in [4.78, 5) is 12.6. The molecule has 0 radical (unpaired) electrons. The number of rotatable bonds is 11. The standard InChI is InChI=1S/C21H32F3N3O4S/c1-32(29,30)12-11-17(27-20(28)19(25)13-15-5-3-2-4-6-15)14-26-16-7-9-18(10-8-16)31-21(22,23)24/h7-10,15,17,19,26H,2-6,11-14,25H2,1H3,(H,27,28)/t17-,19-/m0/s1. The van der Waals surface area contributed by atoms with Crippen molar-refractivity contribution in [3.63, 3.8) is 0 Å². The first-order valence-electron chi connectivity index (χ1n) is 10.7. The second-order valence-electron chi connectivity index (χ2n) is 8.42. The van der Waals surface area contributed by atoms with Gasteiger partial charge in [-0.05, 0) is 43.0 Å². The maximum atomic E-state index is 12.6. The lowest BCUT2D eigenvalue weighted by Gasteiger charge is -2.26. The molecule has 11 heteroatoms. The Hall–Kier alpha value is -2.01. The molecule has 4 N–H and O–H groups in total. The van der Waals surface area contributed by atoms with Gasteiger partial charge < -0.3 is 21.1 Å². The number of nitrogens with two attached hydrogens (primary N) is 1. The number of sulfone groups is 1. The van der Waals surface area contributed by atoms with Crippen LogP contribution in [0, 0.1) is 5.92 Å². The van der Waals surface area contributed by atoms with Gasteiger partial charge in [0.25, 0.3) is 0 Å². The molecule has 1 saturated carbocycles. The van der Waals surface area contributed by atoms with Gasteiger partial charge in [-0.15, -0.1) is 13.2 Å². The fourth-order valence-corrected chi connectivity index (χ4v) is 4.51. The first kappa shape index (κ1) is 26.2. The second kappa shape index (κ2) is 11.7. The summed E-state index contributed by atoms with van der Waals surface area (Å²) in [6.45, 7) is 0.191. The molecule has 1 aliphatic carbocycles. The Morgan fingerprint density at radius 1 is 1.19 bits per heavy atom. The van der Waals surface area contributed by atoms with Gasteiger partial charge in [0.1, 0.15) is 15.6 Å². The largest absolute Gasteiger partial charge is 0.573 e. The summed E-state index contributed by atoms with van der Waals surface area (Å²) in [5, 5.41) is 5.84. The van der Waals surface area contributed by atoms with Crippen LogP contribution in [0.3, 0.4) is 0 Å². The number of benzene rings is 1. The van der Waals surface area contributed by atoms with Gasteiger partial charge in [0.05, 0.1) is 11.8 Å². The Kier molecular flexibility index (Phi) is 9.63. The van der Waals surface area contributed by atoms with Crippen molar-refractivity contribution in [2.45, 2.75) is 63.4 Å². The van der Waals surface area contributed by atoms with Gasteiger partial charge in [-0.1, -0.05) is 32.1 Å². The normalized spacial score (nSPS) is 17.4. The third-order valence-corrected chi connectivity index (χ3v) is 6.45. The predicted molar refractivity (Wildman–Crippen MR) is 117 cm³/mol. The van der Waals surface area contributed by atoms with Crippen molar-refractivity contribution < 1.29 is 31.1 Å². The Balaban J connectivity index is 1.93. The number of ether oxygens (including phenoxy) is 1.